The summed E-state index contributed by atoms with van der Waals surface area (Å²) in [7, 11) is 0. The molecule has 66 valence electrons. The fourth-order valence-electron chi connectivity index (χ4n) is 1.40. The van der Waals surface area contributed by atoms with Crippen molar-refractivity contribution in [2.75, 3.05) is 18.0 Å². The highest BCUT2D eigenvalue weighted by Gasteiger charge is 2.18. The van der Waals surface area contributed by atoms with E-state index in [0.29, 0.717) is 5.56 Å². The average molecular weight is 173 g/mol. The summed E-state index contributed by atoms with van der Waals surface area (Å²) in [4.78, 5) is 6.51. The molecule has 0 unspecified atom stereocenters. The number of rotatable bonds is 1. The quantitative estimate of drug-likeness (QED) is 0.645. The van der Waals surface area contributed by atoms with Crippen molar-refractivity contribution in [2.45, 2.75) is 13.3 Å². The molecule has 0 bridgehead atoms. The zero-order valence-electron chi connectivity index (χ0n) is 7.62. The van der Waals surface area contributed by atoms with Gasteiger partial charge in [0.1, 0.15) is 11.9 Å². The van der Waals surface area contributed by atoms with Gasteiger partial charge in [0.05, 0.1) is 5.56 Å². The molecule has 1 aromatic rings. The van der Waals surface area contributed by atoms with Gasteiger partial charge in [-0.1, -0.05) is 0 Å². The van der Waals surface area contributed by atoms with Crippen molar-refractivity contribution in [2.24, 2.45) is 0 Å². The molecule has 1 fully saturated rings. The van der Waals surface area contributed by atoms with Crippen molar-refractivity contribution in [1.29, 1.82) is 5.26 Å². The van der Waals surface area contributed by atoms with Gasteiger partial charge in [-0.3, -0.25) is 0 Å². The number of hydrogen-bond donors (Lipinski definition) is 0. The Hall–Kier alpha value is -1.56. The van der Waals surface area contributed by atoms with Crippen LogP contribution in [0.25, 0.3) is 0 Å². The highest BCUT2D eigenvalue weighted by Crippen LogP contribution is 2.22. The molecule has 2 rings (SSSR count). The van der Waals surface area contributed by atoms with Crippen LogP contribution >= 0.6 is 0 Å². The minimum Gasteiger partial charge on any atom is -0.355 e. The average Bonchev–Trinajstić information content (AvgIpc) is 2.02. The molecule has 13 heavy (non-hydrogen) atoms. The van der Waals surface area contributed by atoms with Crippen LogP contribution in [0.3, 0.4) is 0 Å². The van der Waals surface area contributed by atoms with Crippen LogP contribution in [0.15, 0.2) is 12.1 Å². The summed E-state index contributed by atoms with van der Waals surface area (Å²) in [6.07, 6.45) is 1.21. The number of nitrogens with zero attached hydrogens (tertiary/aromatic N) is 3. The van der Waals surface area contributed by atoms with Gasteiger partial charge in [-0.15, -0.1) is 0 Å². The molecule has 0 saturated carbocycles. The van der Waals surface area contributed by atoms with Gasteiger partial charge in [0.15, 0.2) is 0 Å². The van der Waals surface area contributed by atoms with Gasteiger partial charge in [-0.05, 0) is 25.5 Å². The summed E-state index contributed by atoms with van der Waals surface area (Å²) < 4.78 is 0. The van der Waals surface area contributed by atoms with Gasteiger partial charge >= 0.3 is 0 Å². The van der Waals surface area contributed by atoms with E-state index in [1.54, 1.807) is 0 Å². The summed E-state index contributed by atoms with van der Waals surface area (Å²) in [5.74, 6) is 0.855. The molecule has 1 saturated heterocycles. The van der Waals surface area contributed by atoms with Crippen LogP contribution in [0.1, 0.15) is 17.7 Å². The van der Waals surface area contributed by atoms with Crippen molar-refractivity contribution in [3.05, 3.63) is 23.4 Å². The monoisotopic (exact) mass is 173 g/mol. The summed E-state index contributed by atoms with van der Waals surface area (Å²) in [5, 5.41) is 8.86. The Labute approximate surface area is 77.6 Å². The third-order valence-corrected chi connectivity index (χ3v) is 2.29. The highest BCUT2D eigenvalue weighted by atomic mass is 15.2. The standard InChI is InChI=1S/C10H11N3/c1-8-3-4-9(7-11)10(12-8)13-5-2-6-13/h3-4H,2,5-6H2,1H3. The Morgan fingerprint density at radius 2 is 2.23 bits per heavy atom. The van der Waals surface area contributed by atoms with Gasteiger partial charge in [-0.25, -0.2) is 4.98 Å². The fourth-order valence-corrected chi connectivity index (χ4v) is 1.40. The fraction of sp³-hybridized carbons (Fsp3) is 0.400. The Bertz CT molecular complexity index is 361. The predicted octanol–water partition coefficient (Wildman–Crippen LogP) is 1.47. The molecule has 0 N–H and O–H groups in total. The lowest BCUT2D eigenvalue weighted by Crippen LogP contribution is -2.38. The number of aryl methyl sites for hydroxylation is 1. The van der Waals surface area contributed by atoms with Crippen molar-refractivity contribution in [1.82, 2.24) is 4.98 Å². The first-order valence-electron chi connectivity index (χ1n) is 4.44. The Balaban J connectivity index is 2.41. The third kappa shape index (κ3) is 1.35. The van der Waals surface area contributed by atoms with E-state index in [1.807, 2.05) is 19.1 Å². The van der Waals surface area contributed by atoms with E-state index < -0.39 is 0 Å². The largest absolute Gasteiger partial charge is 0.355 e. The molecule has 0 aliphatic carbocycles. The first kappa shape index (κ1) is 8.06. The second-order valence-corrected chi connectivity index (χ2v) is 3.28. The van der Waals surface area contributed by atoms with Crippen LogP contribution in [0.2, 0.25) is 0 Å². The summed E-state index contributed by atoms with van der Waals surface area (Å²) in [6, 6.07) is 5.89. The van der Waals surface area contributed by atoms with Crippen LogP contribution in [-0.4, -0.2) is 18.1 Å². The Morgan fingerprint density at radius 1 is 1.46 bits per heavy atom. The molecule has 2 heterocycles. The normalized spacial score (nSPS) is 14.9. The van der Waals surface area contributed by atoms with E-state index in [-0.39, 0.29) is 0 Å². The van der Waals surface area contributed by atoms with E-state index in [2.05, 4.69) is 16.0 Å². The van der Waals surface area contributed by atoms with Crippen LogP contribution in [0.4, 0.5) is 5.82 Å². The first-order chi connectivity index (χ1) is 6.31. The zero-order valence-corrected chi connectivity index (χ0v) is 7.62. The van der Waals surface area contributed by atoms with Crippen molar-refractivity contribution < 1.29 is 0 Å². The Morgan fingerprint density at radius 3 is 2.77 bits per heavy atom. The molecule has 3 nitrogen and oxygen atoms in total. The maximum atomic E-state index is 8.86. The molecule has 1 aliphatic heterocycles. The molecule has 0 radical (unpaired) electrons. The molecule has 3 heteroatoms. The van der Waals surface area contributed by atoms with Crippen molar-refractivity contribution >= 4 is 5.82 Å². The molecule has 0 aromatic carbocycles. The SMILES string of the molecule is Cc1ccc(C#N)c(N2CCC2)n1. The number of aromatic nitrogens is 1. The van der Waals surface area contributed by atoms with Crippen LogP contribution in [0.5, 0.6) is 0 Å². The number of pyridine rings is 1. The summed E-state index contributed by atoms with van der Waals surface area (Å²) >= 11 is 0. The maximum absolute atomic E-state index is 8.86. The van der Waals surface area contributed by atoms with Gasteiger partial charge in [-0.2, -0.15) is 5.26 Å². The smallest absolute Gasteiger partial charge is 0.146 e. The molecule has 0 atom stereocenters. The van der Waals surface area contributed by atoms with Crippen LogP contribution < -0.4 is 4.90 Å². The summed E-state index contributed by atoms with van der Waals surface area (Å²) in [5.41, 5.74) is 1.66. The van der Waals surface area contributed by atoms with E-state index >= 15 is 0 Å². The molecule has 0 amide bonds. The lowest BCUT2D eigenvalue weighted by atomic mass is 10.1. The number of nitriles is 1. The van der Waals surface area contributed by atoms with Gasteiger partial charge in [0, 0.05) is 18.8 Å². The highest BCUT2D eigenvalue weighted by molar-refractivity contribution is 5.55. The molecule has 1 aromatic heterocycles. The third-order valence-electron chi connectivity index (χ3n) is 2.29. The minimum absolute atomic E-state index is 0.685. The molecule has 1 aliphatic rings. The van der Waals surface area contributed by atoms with Gasteiger partial charge in [0.25, 0.3) is 0 Å². The zero-order chi connectivity index (χ0) is 9.26. The minimum atomic E-state index is 0.685. The maximum Gasteiger partial charge on any atom is 0.146 e. The second-order valence-electron chi connectivity index (χ2n) is 3.28. The van der Waals surface area contributed by atoms with Gasteiger partial charge < -0.3 is 4.90 Å². The van der Waals surface area contributed by atoms with Crippen LogP contribution in [0, 0.1) is 18.3 Å². The van der Waals surface area contributed by atoms with E-state index in [1.165, 1.54) is 6.42 Å². The Kier molecular flexibility index (Phi) is 1.90. The molecular formula is C10H11N3. The first-order valence-corrected chi connectivity index (χ1v) is 4.44. The van der Waals surface area contributed by atoms with Crippen LogP contribution in [-0.2, 0) is 0 Å². The van der Waals surface area contributed by atoms with Crippen molar-refractivity contribution in [3.63, 3.8) is 0 Å². The molecule has 0 spiro atoms. The lowest BCUT2D eigenvalue weighted by Gasteiger charge is -2.32. The topological polar surface area (TPSA) is 39.9 Å². The van der Waals surface area contributed by atoms with Gasteiger partial charge in [0.2, 0.25) is 0 Å². The second kappa shape index (κ2) is 3.06. The van der Waals surface area contributed by atoms with Crippen molar-refractivity contribution in [3.8, 4) is 6.07 Å². The van der Waals surface area contributed by atoms with E-state index in [0.717, 1.165) is 24.6 Å². The van der Waals surface area contributed by atoms with E-state index in [9.17, 15) is 0 Å². The summed E-state index contributed by atoms with van der Waals surface area (Å²) in [6.45, 7) is 4.01. The molecular weight excluding hydrogens is 162 g/mol. The number of hydrogen-bond acceptors (Lipinski definition) is 3. The predicted molar refractivity (Wildman–Crippen MR) is 50.5 cm³/mol. The lowest BCUT2D eigenvalue weighted by molar-refractivity contribution is 0.608. The van der Waals surface area contributed by atoms with E-state index in [4.69, 9.17) is 5.26 Å². The number of anilines is 1.